The van der Waals surface area contributed by atoms with Crippen molar-refractivity contribution in [1.29, 1.82) is 0 Å². The van der Waals surface area contributed by atoms with Crippen molar-refractivity contribution in [2.75, 3.05) is 6.61 Å². The molecule has 11 heteroatoms. The summed E-state index contributed by atoms with van der Waals surface area (Å²) in [7, 11) is 0. The lowest BCUT2D eigenvalue weighted by atomic mass is 9.82. The van der Waals surface area contributed by atoms with Gasteiger partial charge in [0.25, 0.3) is 0 Å². The molecule has 0 aliphatic heterocycles. The number of hydrogen-bond donors (Lipinski definition) is 4. The molecule has 2 aromatic carbocycles. The van der Waals surface area contributed by atoms with Crippen molar-refractivity contribution in [2.24, 2.45) is 5.92 Å². The van der Waals surface area contributed by atoms with E-state index in [1.165, 1.54) is 24.6 Å². The summed E-state index contributed by atoms with van der Waals surface area (Å²) in [5.74, 6) is -0.878. The van der Waals surface area contributed by atoms with Gasteiger partial charge in [-0.3, -0.25) is 14.4 Å². The van der Waals surface area contributed by atoms with E-state index in [4.69, 9.17) is 9.47 Å². The Balaban J connectivity index is 2.12. The van der Waals surface area contributed by atoms with Crippen LogP contribution in [0.1, 0.15) is 103 Å². The van der Waals surface area contributed by atoms with E-state index in [0.717, 1.165) is 44.9 Å². The molecule has 2 aromatic rings. The molecule has 0 radical (unpaired) electrons. The molecular formula is C41H53NO10. The summed E-state index contributed by atoms with van der Waals surface area (Å²) < 4.78 is 10.7. The van der Waals surface area contributed by atoms with Crippen LogP contribution in [0.4, 0.5) is 0 Å². The third kappa shape index (κ3) is 16.4. The zero-order valence-electron chi connectivity index (χ0n) is 30.3. The van der Waals surface area contributed by atoms with Gasteiger partial charge in [0.1, 0.15) is 29.9 Å². The van der Waals surface area contributed by atoms with Gasteiger partial charge in [-0.25, -0.2) is 9.59 Å². The second kappa shape index (κ2) is 24.3. The van der Waals surface area contributed by atoms with Gasteiger partial charge in [0.15, 0.2) is 5.60 Å². The van der Waals surface area contributed by atoms with Gasteiger partial charge >= 0.3 is 17.9 Å². The third-order valence-corrected chi connectivity index (χ3v) is 8.49. The molecule has 0 saturated carbocycles. The fourth-order valence-electron chi connectivity index (χ4n) is 5.49. The van der Waals surface area contributed by atoms with Gasteiger partial charge in [0.05, 0.1) is 12.3 Å². The van der Waals surface area contributed by atoms with E-state index >= 15 is 0 Å². The summed E-state index contributed by atoms with van der Waals surface area (Å²) >= 11 is 0. The first-order valence-corrected chi connectivity index (χ1v) is 18.0. The lowest BCUT2D eigenvalue weighted by molar-refractivity contribution is -0.171. The van der Waals surface area contributed by atoms with Gasteiger partial charge in [-0.2, -0.15) is 0 Å². The number of carboxylic acids is 2. The van der Waals surface area contributed by atoms with Crippen molar-refractivity contribution in [1.82, 2.24) is 5.32 Å². The predicted octanol–water partition coefficient (Wildman–Crippen LogP) is 6.45. The second-order valence-corrected chi connectivity index (χ2v) is 12.7. The summed E-state index contributed by atoms with van der Waals surface area (Å²) in [6.45, 7) is 4.02. The number of Topliss-reactive ketones (excluding diaryl/α,β-unsaturated/α-hetero) is 1. The minimum atomic E-state index is -2.97. The Morgan fingerprint density at radius 1 is 0.846 bits per heavy atom. The zero-order chi connectivity index (χ0) is 38.2. The van der Waals surface area contributed by atoms with Crippen molar-refractivity contribution >= 4 is 29.6 Å². The fourth-order valence-corrected chi connectivity index (χ4v) is 5.49. The van der Waals surface area contributed by atoms with Crippen LogP contribution in [0, 0.1) is 17.8 Å². The second-order valence-electron chi connectivity index (χ2n) is 12.7. The number of amides is 1. The summed E-state index contributed by atoms with van der Waals surface area (Å²) in [5.41, 5.74) is -2.42. The topological polar surface area (TPSA) is 177 Å². The van der Waals surface area contributed by atoms with Crippen molar-refractivity contribution in [3.63, 3.8) is 0 Å². The molecule has 3 atom stereocenters. The number of ketones is 1. The maximum absolute atomic E-state index is 13.7. The Labute approximate surface area is 306 Å². The van der Waals surface area contributed by atoms with E-state index in [1.807, 2.05) is 0 Å². The number of esters is 1. The molecule has 0 aliphatic rings. The summed E-state index contributed by atoms with van der Waals surface area (Å²) in [6, 6.07) is 12.9. The quantitative estimate of drug-likeness (QED) is 0.0278. The Morgan fingerprint density at radius 3 is 2.08 bits per heavy atom. The molecular weight excluding hydrogens is 666 g/mol. The SMILES string of the molecule is CC#CCOc1ccc(C[C@H](NC(=O)[C@@H](C=CCCCCCCC(=O)CCCCCCC)[C@@](O)(CC(=O)Oc2ccccc2)C(=O)O)C(=O)O)cc1. The smallest absolute Gasteiger partial charge is 0.337 e. The Hall–Kier alpha value is -4.95. The number of rotatable bonds is 26. The third-order valence-electron chi connectivity index (χ3n) is 8.49. The number of carbonyl (C=O) groups excluding carboxylic acids is 3. The average molecular weight is 720 g/mol. The molecule has 0 unspecified atom stereocenters. The molecule has 0 bridgehead atoms. The maximum Gasteiger partial charge on any atom is 0.337 e. The molecule has 4 N–H and O–H groups in total. The molecule has 0 heterocycles. The van der Waals surface area contributed by atoms with Gasteiger partial charge in [-0.05, 0) is 62.4 Å². The fraction of sp³-hybridized carbons (Fsp3) is 0.488. The first kappa shape index (κ1) is 43.2. The molecule has 0 aliphatic carbocycles. The van der Waals surface area contributed by atoms with Crippen LogP contribution in [0.15, 0.2) is 66.7 Å². The lowest BCUT2D eigenvalue weighted by Crippen LogP contribution is -2.55. The highest BCUT2D eigenvalue weighted by atomic mass is 16.5. The van der Waals surface area contributed by atoms with Crippen molar-refractivity contribution in [3.05, 3.63) is 72.3 Å². The molecule has 282 valence electrons. The molecule has 0 saturated heterocycles. The summed E-state index contributed by atoms with van der Waals surface area (Å²) in [6.07, 6.45) is 11.6. The zero-order valence-corrected chi connectivity index (χ0v) is 30.3. The van der Waals surface area contributed by atoms with Gasteiger partial charge in [0.2, 0.25) is 5.91 Å². The van der Waals surface area contributed by atoms with E-state index in [9.17, 15) is 39.3 Å². The van der Waals surface area contributed by atoms with Crippen LogP contribution in [0.25, 0.3) is 0 Å². The van der Waals surface area contributed by atoms with Crippen molar-refractivity contribution < 1.29 is 48.8 Å². The predicted molar refractivity (Wildman–Crippen MR) is 197 cm³/mol. The monoisotopic (exact) mass is 719 g/mol. The number of carbonyl (C=O) groups is 5. The van der Waals surface area contributed by atoms with E-state index in [1.54, 1.807) is 55.5 Å². The van der Waals surface area contributed by atoms with Crippen LogP contribution in [0.5, 0.6) is 11.5 Å². The number of unbranched alkanes of at least 4 members (excludes halogenated alkanes) is 8. The van der Waals surface area contributed by atoms with Crippen LogP contribution in [0.2, 0.25) is 0 Å². The number of nitrogens with one attached hydrogen (secondary N) is 1. The molecule has 0 fully saturated rings. The standard InChI is InChI=1S/C41H53NO10/c1-3-5-7-10-14-19-32(43)20-15-11-8-9-12-18-23-35(41(50,40(48)49)30-37(44)52-34-21-16-13-17-22-34)38(45)42-36(39(46)47)29-31-24-26-33(27-25-31)51-28-6-4-2/h13,16-18,21-27,35-36,50H,3,5,7-12,14-15,19-20,28-30H2,1-2H3,(H,42,45)(H,46,47)(H,48,49)/t35-,36+,41+/m1/s1. The molecule has 0 aromatic heterocycles. The summed E-state index contributed by atoms with van der Waals surface area (Å²) in [5, 5.41) is 33.9. The molecule has 0 spiro atoms. The first-order chi connectivity index (χ1) is 25.0. The van der Waals surface area contributed by atoms with Gasteiger partial charge in [-0.1, -0.05) is 93.9 Å². The highest BCUT2D eigenvalue weighted by Gasteiger charge is 2.49. The number of ether oxygens (including phenoxy) is 2. The Morgan fingerprint density at radius 2 is 1.48 bits per heavy atom. The van der Waals surface area contributed by atoms with Crippen LogP contribution >= 0.6 is 0 Å². The normalized spacial score (nSPS) is 13.2. The highest BCUT2D eigenvalue weighted by Crippen LogP contribution is 2.27. The van der Waals surface area contributed by atoms with Crippen LogP contribution in [0.3, 0.4) is 0 Å². The minimum Gasteiger partial charge on any atom is -0.481 e. The average Bonchev–Trinajstić information content (AvgIpc) is 3.11. The maximum atomic E-state index is 13.7. The molecule has 52 heavy (non-hydrogen) atoms. The van der Waals surface area contributed by atoms with Crippen LogP contribution in [-0.2, 0) is 30.4 Å². The van der Waals surface area contributed by atoms with E-state index in [-0.39, 0.29) is 24.6 Å². The lowest BCUT2D eigenvalue weighted by Gasteiger charge is -2.30. The largest absolute Gasteiger partial charge is 0.481 e. The van der Waals surface area contributed by atoms with Gasteiger partial charge in [-0.15, -0.1) is 5.92 Å². The number of carboxylic acid groups (broad SMARTS) is 2. The van der Waals surface area contributed by atoms with Crippen molar-refractivity contribution in [3.8, 4) is 23.3 Å². The number of aliphatic hydroxyl groups is 1. The Bertz CT molecular complexity index is 1510. The Kier molecular flexibility index (Phi) is 20.2. The molecule has 1 amide bonds. The first-order valence-electron chi connectivity index (χ1n) is 18.0. The number of hydrogen-bond acceptors (Lipinski definition) is 8. The van der Waals surface area contributed by atoms with E-state index in [2.05, 4.69) is 24.1 Å². The molecule has 11 nitrogen and oxygen atoms in total. The number of benzene rings is 2. The van der Waals surface area contributed by atoms with Crippen molar-refractivity contribution in [2.45, 2.75) is 115 Å². The van der Waals surface area contributed by atoms with E-state index < -0.39 is 47.8 Å². The number of para-hydroxylation sites is 1. The van der Waals surface area contributed by atoms with Gasteiger partial charge < -0.3 is 30.1 Å². The van der Waals surface area contributed by atoms with Gasteiger partial charge in [0, 0.05) is 19.3 Å². The number of allylic oxidation sites excluding steroid dienone is 1. The summed E-state index contributed by atoms with van der Waals surface area (Å²) in [4.78, 5) is 63.4. The number of aliphatic carboxylic acids is 2. The van der Waals surface area contributed by atoms with Crippen LogP contribution in [-0.4, -0.2) is 63.2 Å². The molecule has 2 rings (SSSR count). The highest BCUT2D eigenvalue weighted by molar-refractivity contribution is 5.95. The van der Waals surface area contributed by atoms with Crippen LogP contribution < -0.4 is 14.8 Å². The van der Waals surface area contributed by atoms with E-state index in [0.29, 0.717) is 37.0 Å². The minimum absolute atomic E-state index is 0.117.